The second-order valence-electron chi connectivity index (χ2n) is 15.5. The van der Waals surface area contributed by atoms with E-state index in [-0.39, 0.29) is 0 Å². The Hall–Kier alpha value is -6.59. The van der Waals surface area contributed by atoms with Gasteiger partial charge in [-0.1, -0.05) is 133 Å². The van der Waals surface area contributed by atoms with Gasteiger partial charge in [-0.15, -0.1) is 0 Å². The van der Waals surface area contributed by atoms with Gasteiger partial charge >= 0.3 is 0 Å². The molecule has 3 heterocycles. The number of rotatable bonds is 8. The summed E-state index contributed by atoms with van der Waals surface area (Å²) in [5.41, 5.74) is 13.6. The van der Waals surface area contributed by atoms with Crippen molar-refractivity contribution < 1.29 is 0 Å². The summed E-state index contributed by atoms with van der Waals surface area (Å²) in [6.45, 7) is 0. The van der Waals surface area contributed by atoms with E-state index in [1.165, 1.54) is 24.8 Å². The Bertz CT molecular complexity index is 2660. The number of pyridine rings is 1. The average Bonchev–Trinajstić information content (AvgIpc) is 3.27. The van der Waals surface area contributed by atoms with Crippen LogP contribution in [0.1, 0.15) is 24.8 Å². The van der Waals surface area contributed by atoms with Crippen molar-refractivity contribution in [2.24, 2.45) is 17.8 Å². The second-order valence-corrected chi connectivity index (χ2v) is 15.5. The molecule has 3 aliphatic rings. The third kappa shape index (κ3) is 5.49. The van der Waals surface area contributed by atoms with Crippen LogP contribution in [0.25, 0.3) is 79.1 Å². The van der Waals surface area contributed by atoms with Crippen LogP contribution in [-0.2, 0) is 5.41 Å². The molecule has 3 saturated carbocycles. The van der Waals surface area contributed by atoms with Crippen molar-refractivity contribution in [2.45, 2.75) is 24.7 Å². The summed E-state index contributed by atoms with van der Waals surface area (Å²) in [5.74, 6) is 4.24. The zero-order valence-electron chi connectivity index (χ0n) is 30.3. The zero-order valence-corrected chi connectivity index (χ0v) is 30.3. The fraction of sp³-hybridized carbons (Fsp3) is 0.140. The second kappa shape index (κ2) is 12.8. The molecule has 0 saturated heterocycles. The summed E-state index contributed by atoms with van der Waals surface area (Å²) in [4.78, 5) is 25.1. The first-order valence-corrected chi connectivity index (χ1v) is 19.3. The Kier molecular flexibility index (Phi) is 7.41. The predicted molar refractivity (Wildman–Crippen MR) is 219 cm³/mol. The molecule has 0 amide bonds. The summed E-state index contributed by atoms with van der Waals surface area (Å²) in [5, 5.41) is 0. The first-order valence-electron chi connectivity index (χ1n) is 19.3. The van der Waals surface area contributed by atoms with E-state index >= 15 is 0 Å². The highest BCUT2D eigenvalue weighted by atomic mass is 14.9. The van der Waals surface area contributed by atoms with E-state index in [4.69, 9.17) is 19.9 Å². The lowest BCUT2D eigenvalue weighted by molar-refractivity contribution is -0.219. The number of aromatic nitrogens is 5. The summed E-state index contributed by atoms with van der Waals surface area (Å²) < 4.78 is 0. The van der Waals surface area contributed by atoms with Gasteiger partial charge in [-0.05, 0) is 78.3 Å². The van der Waals surface area contributed by atoms with E-state index < -0.39 is 0 Å². The molecule has 3 aromatic heterocycles. The summed E-state index contributed by atoms with van der Waals surface area (Å²) in [7, 11) is 0. The molecule has 0 N–H and O–H groups in total. The van der Waals surface area contributed by atoms with Gasteiger partial charge in [-0.25, -0.2) is 19.9 Å². The first-order chi connectivity index (χ1) is 27.2. The molecule has 0 spiro atoms. The molecule has 2 unspecified atom stereocenters. The molecule has 0 aliphatic heterocycles. The highest BCUT2D eigenvalue weighted by Gasteiger charge is 2.71. The molecule has 5 nitrogen and oxygen atoms in total. The van der Waals surface area contributed by atoms with Crippen LogP contribution in [0, 0.1) is 17.8 Å². The lowest BCUT2D eigenvalue weighted by Gasteiger charge is -2.76. The van der Waals surface area contributed by atoms with Crippen LogP contribution >= 0.6 is 0 Å². The Morgan fingerprint density at radius 1 is 0.382 bits per heavy atom. The van der Waals surface area contributed by atoms with Gasteiger partial charge in [0.1, 0.15) is 0 Å². The van der Waals surface area contributed by atoms with Crippen LogP contribution in [0.15, 0.2) is 170 Å². The number of hydrogen-bond acceptors (Lipinski definition) is 5. The number of hydrogen-bond donors (Lipinski definition) is 0. The van der Waals surface area contributed by atoms with Gasteiger partial charge in [0.2, 0.25) is 0 Å². The van der Waals surface area contributed by atoms with Crippen molar-refractivity contribution in [2.75, 3.05) is 0 Å². The van der Waals surface area contributed by atoms with Gasteiger partial charge in [0, 0.05) is 45.1 Å². The largest absolute Gasteiger partial charge is 0.256 e. The maximum Gasteiger partial charge on any atom is 0.160 e. The average molecular weight is 708 g/mol. The number of nitrogens with zero attached hydrogens (tertiary/aromatic N) is 5. The van der Waals surface area contributed by atoms with Gasteiger partial charge in [-0.3, -0.25) is 4.98 Å². The summed E-state index contributed by atoms with van der Waals surface area (Å²) in [6.07, 6.45) is 5.96. The molecule has 2 atom stereocenters. The van der Waals surface area contributed by atoms with Crippen molar-refractivity contribution in [3.8, 4) is 79.1 Å². The van der Waals surface area contributed by atoms with Crippen molar-refractivity contribution in [3.05, 3.63) is 176 Å². The molecule has 3 fully saturated rings. The lowest BCUT2D eigenvalue weighted by Crippen LogP contribution is -2.71. The Labute approximate surface area is 320 Å². The molecule has 0 bridgehead atoms. The standard InChI is InChI=1S/C50H37N5/c1-3-10-32(11-4-1)43-28-45(35-19-17-34(18-20-35)42-16-7-8-25-51-42)53-48(52-43)37-23-21-36(22-24-37)46-29-44(33-12-5-2-6-13-33)54-49(55-46)38-14-9-15-41(27-38)50-30-39-26-40(31-50)47(39)50/h1-25,27-29,39-40,47H,26,30-31H2. The van der Waals surface area contributed by atoms with Crippen molar-refractivity contribution in [1.29, 1.82) is 0 Å². The monoisotopic (exact) mass is 707 g/mol. The Morgan fingerprint density at radius 2 is 0.836 bits per heavy atom. The maximum absolute atomic E-state index is 5.22. The molecule has 262 valence electrons. The fourth-order valence-electron chi connectivity index (χ4n) is 9.66. The highest BCUT2D eigenvalue weighted by Crippen LogP contribution is 2.77. The van der Waals surface area contributed by atoms with E-state index in [1.54, 1.807) is 0 Å². The van der Waals surface area contributed by atoms with Crippen molar-refractivity contribution in [3.63, 3.8) is 0 Å². The summed E-state index contributed by atoms with van der Waals surface area (Å²) in [6, 6.07) is 56.9. The molecule has 11 rings (SSSR count). The normalized spacial score (nSPS) is 20.4. The quantitative estimate of drug-likeness (QED) is 0.157. The van der Waals surface area contributed by atoms with Crippen LogP contribution < -0.4 is 0 Å². The van der Waals surface area contributed by atoms with E-state index in [1.807, 2.05) is 48.7 Å². The first kappa shape index (κ1) is 31.9. The van der Waals surface area contributed by atoms with Crippen LogP contribution in [-0.4, -0.2) is 24.9 Å². The highest BCUT2D eigenvalue weighted by molar-refractivity contribution is 5.76. The third-order valence-electron chi connectivity index (χ3n) is 12.4. The maximum atomic E-state index is 5.22. The Morgan fingerprint density at radius 3 is 1.33 bits per heavy atom. The van der Waals surface area contributed by atoms with Crippen LogP contribution in [0.2, 0.25) is 0 Å². The van der Waals surface area contributed by atoms with Gasteiger partial charge in [-0.2, -0.15) is 0 Å². The van der Waals surface area contributed by atoms with E-state index in [0.29, 0.717) is 11.2 Å². The minimum Gasteiger partial charge on any atom is -0.256 e. The van der Waals surface area contributed by atoms with Crippen LogP contribution in [0.5, 0.6) is 0 Å². The SMILES string of the molecule is c1ccc(-c2cc(-c3ccc(-c4ccccn4)cc3)nc(-c3ccc(-c4cc(-c5ccccc5)nc(-c5cccc(C67CC8CC(C6)C87)c5)n4)cc3)n2)cc1. The molecule has 5 aromatic carbocycles. The van der Waals surface area contributed by atoms with Crippen molar-refractivity contribution >= 4 is 0 Å². The van der Waals surface area contributed by atoms with E-state index in [0.717, 1.165) is 91.0 Å². The van der Waals surface area contributed by atoms with Gasteiger partial charge in [0.05, 0.1) is 28.5 Å². The molecular weight excluding hydrogens is 671 g/mol. The fourth-order valence-corrected chi connectivity index (χ4v) is 9.66. The van der Waals surface area contributed by atoms with E-state index in [2.05, 4.69) is 126 Å². The summed E-state index contributed by atoms with van der Waals surface area (Å²) >= 11 is 0. The van der Waals surface area contributed by atoms with Gasteiger partial charge in [0.25, 0.3) is 0 Å². The smallest absolute Gasteiger partial charge is 0.160 e. The topological polar surface area (TPSA) is 64.5 Å². The molecular formula is C50H37N5. The minimum absolute atomic E-state index is 0.391. The number of benzene rings is 5. The molecule has 8 aromatic rings. The lowest BCUT2D eigenvalue weighted by atomic mass is 9.28. The molecule has 55 heavy (non-hydrogen) atoms. The van der Waals surface area contributed by atoms with Crippen molar-refractivity contribution in [1.82, 2.24) is 24.9 Å². The van der Waals surface area contributed by atoms with Crippen LogP contribution in [0.4, 0.5) is 0 Å². The molecule has 0 radical (unpaired) electrons. The van der Waals surface area contributed by atoms with Gasteiger partial charge < -0.3 is 0 Å². The third-order valence-corrected chi connectivity index (χ3v) is 12.4. The molecule has 5 heteroatoms. The van der Waals surface area contributed by atoms with Crippen LogP contribution in [0.3, 0.4) is 0 Å². The van der Waals surface area contributed by atoms with Gasteiger partial charge in [0.15, 0.2) is 11.6 Å². The van der Waals surface area contributed by atoms with E-state index in [9.17, 15) is 0 Å². The predicted octanol–water partition coefficient (Wildman–Crippen LogP) is 11.6. The Balaban J connectivity index is 0.960. The zero-order chi connectivity index (χ0) is 36.3. The minimum atomic E-state index is 0.391. The molecule has 3 aliphatic carbocycles.